The van der Waals surface area contributed by atoms with Crippen LogP contribution in [0.25, 0.3) is 11.1 Å². The van der Waals surface area contributed by atoms with Gasteiger partial charge in [-0.25, -0.2) is 0 Å². The zero-order chi connectivity index (χ0) is 9.26. The first-order valence-corrected chi connectivity index (χ1v) is 4.09. The highest BCUT2D eigenvalue weighted by molar-refractivity contribution is 5.84. The van der Waals surface area contributed by atoms with E-state index in [1.807, 2.05) is 19.1 Å². The third-order valence-corrected chi connectivity index (χ3v) is 1.69. The Bertz CT molecular complexity index is 422. The van der Waals surface area contributed by atoms with Gasteiger partial charge in [-0.05, 0) is 19.1 Å². The molecular formula is C9H10N2O2. The summed E-state index contributed by atoms with van der Waals surface area (Å²) in [7, 11) is 0. The van der Waals surface area contributed by atoms with Gasteiger partial charge < -0.3 is 14.9 Å². The van der Waals surface area contributed by atoms with E-state index in [4.69, 9.17) is 14.9 Å². The predicted octanol–water partition coefficient (Wildman–Crippen LogP) is 1.81. The lowest BCUT2D eigenvalue weighted by atomic mass is 10.3. The van der Waals surface area contributed by atoms with Crippen LogP contribution in [0.3, 0.4) is 0 Å². The normalized spacial score (nSPS) is 10.5. The molecule has 0 saturated carbocycles. The van der Waals surface area contributed by atoms with Gasteiger partial charge in [0.2, 0.25) is 0 Å². The van der Waals surface area contributed by atoms with Gasteiger partial charge in [0, 0.05) is 0 Å². The summed E-state index contributed by atoms with van der Waals surface area (Å²) in [6, 6.07) is 5.43. The molecule has 0 bridgehead atoms. The van der Waals surface area contributed by atoms with Crippen molar-refractivity contribution in [2.75, 3.05) is 12.3 Å². The van der Waals surface area contributed by atoms with E-state index in [1.54, 1.807) is 6.07 Å². The van der Waals surface area contributed by atoms with Crippen LogP contribution in [0.4, 0.5) is 5.69 Å². The van der Waals surface area contributed by atoms with Crippen molar-refractivity contribution in [2.24, 2.45) is 0 Å². The van der Waals surface area contributed by atoms with Crippen molar-refractivity contribution >= 4 is 16.8 Å². The Kier molecular flexibility index (Phi) is 1.81. The number of anilines is 1. The number of para-hydroxylation sites is 1. The second kappa shape index (κ2) is 2.97. The molecule has 4 nitrogen and oxygen atoms in total. The van der Waals surface area contributed by atoms with Gasteiger partial charge in [0.15, 0.2) is 5.58 Å². The molecule has 1 aromatic heterocycles. The minimum absolute atomic E-state index is 0.274. The maximum absolute atomic E-state index is 5.68. The molecule has 0 amide bonds. The summed E-state index contributed by atoms with van der Waals surface area (Å²) in [5, 5.41) is 0. The highest BCUT2D eigenvalue weighted by atomic mass is 16.6. The maximum Gasteiger partial charge on any atom is 0.394 e. The molecule has 68 valence electrons. The highest BCUT2D eigenvalue weighted by Crippen LogP contribution is 2.24. The fraction of sp³-hybridized carbons (Fsp3) is 0.222. The van der Waals surface area contributed by atoms with E-state index in [1.165, 1.54) is 0 Å². The largest absolute Gasteiger partial charge is 0.450 e. The number of hydrogen-bond acceptors (Lipinski definition) is 4. The van der Waals surface area contributed by atoms with E-state index in [0.717, 1.165) is 5.52 Å². The Hall–Kier alpha value is -1.71. The lowest BCUT2D eigenvalue weighted by Gasteiger charge is -1.92. The Balaban J connectivity index is 2.55. The van der Waals surface area contributed by atoms with Crippen molar-refractivity contribution in [3.8, 4) is 6.08 Å². The molecule has 0 saturated heterocycles. The summed E-state index contributed by atoms with van der Waals surface area (Å²) in [5.74, 6) is 0. The van der Waals surface area contributed by atoms with Crippen LogP contribution in [-0.4, -0.2) is 11.6 Å². The van der Waals surface area contributed by atoms with Gasteiger partial charge in [0.05, 0.1) is 12.3 Å². The molecule has 0 atom stereocenters. The van der Waals surface area contributed by atoms with Crippen LogP contribution in [0.2, 0.25) is 0 Å². The molecule has 0 aliphatic heterocycles. The monoisotopic (exact) mass is 178 g/mol. The summed E-state index contributed by atoms with van der Waals surface area (Å²) in [6.45, 7) is 2.41. The lowest BCUT2D eigenvalue weighted by Crippen LogP contribution is -1.89. The SMILES string of the molecule is CCOc1nc2cccc(N)c2o1. The molecule has 0 aliphatic rings. The molecule has 13 heavy (non-hydrogen) atoms. The summed E-state index contributed by atoms with van der Waals surface area (Å²) in [4.78, 5) is 4.09. The van der Waals surface area contributed by atoms with Gasteiger partial charge in [-0.1, -0.05) is 6.07 Å². The smallest absolute Gasteiger partial charge is 0.394 e. The number of nitrogens with two attached hydrogens (primary N) is 1. The summed E-state index contributed by atoms with van der Waals surface area (Å²) in [5.41, 5.74) is 7.57. The molecule has 0 radical (unpaired) electrons. The van der Waals surface area contributed by atoms with Gasteiger partial charge in [-0.3, -0.25) is 0 Å². The number of benzene rings is 1. The molecule has 2 rings (SSSR count). The van der Waals surface area contributed by atoms with Crippen LogP contribution in [0, 0.1) is 0 Å². The third kappa shape index (κ3) is 1.30. The molecule has 0 unspecified atom stereocenters. The van der Waals surface area contributed by atoms with Crippen LogP contribution in [-0.2, 0) is 0 Å². The van der Waals surface area contributed by atoms with Gasteiger partial charge in [-0.2, -0.15) is 4.98 Å². The quantitative estimate of drug-likeness (QED) is 0.712. The van der Waals surface area contributed by atoms with Crippen LogP contribution < -0.4 is 10.5 Å². The molecule has 0 aliphatic carbocycles. The van der Waals surface area contributed by atoms with Crippen molar-refractivity contribution in [3.63, 3.8) is 0 Å². The number of oxazole rings is 1. The van der Waals surface area contributed by atoms with Crippen molar-refractivity contribution in [3.05, 3.63) is 18.2 Å². The van der Waals surface area contributed by atoms with Gasteiger partial charge >= 0.3 is 6.08 Å². The average molecular weight is 178 g/mol. The van der Waals surface area contributed by atoms with E-state index >= 15 is 0 Å². The average Bonchev–Trinajstić information content (AvgIpc) is 2.49. The molecule has 0 fully saturated rings. The number of fused-ring (bicyclic) bond motifs is 1. The third-order valence-electron chi connectivity index (χ3n) is 1.69. The van der Waals surface area contributed by atoms with Crippen molar-refractivity contribution in [2.45, 2.75) is 6.92 Å². The first-order chi connectivity index (χ1) is 6.31. The topological polar surface area (TPSA) is 61.3 Å². The number of hydrogen-bond donors (Lipinski definition) is 1. The van der Waals surface area contributed by atoms with E-state index in [2.05, 4.69) is 4.98 Å². The van der Waals surface area contributed by atoms with Crippen LogP contribution in [0.15, 0.2) is 22.6 Å². The summed E-state index contributed by atoms with van der Waals surface area (Å²) >= 11 is 0. The van der Waals surface area contributed by atoms with Gasteiger partial charge in [0.1, 0.15) is 5.52 Å². The van der Waals surface area contributed by atoms with Crippen molar-refractivity contribution < 1.29 is 9.15 Å². The standard InChI is InChI=1S/C9H10N2O2/c1-2-12-9-11-7-5-3-4-6(10)8(7)13-9/h3-5H,2,10H2,1H3. The highest BCUT2D eigenvalue weighted by Gasteiger charge is 2.07. The minimum Gasteiger partial charge on any atom is -0.450 e. The molecule has 1 aromatic carbocycles. The minimum atomic E-state index is 0.274. The van der Waals surface area contributed by atoms with Crippen molar-refractivity contribution in [1.82, 2.24) is 4.98 Å². The number of rotatable bonds is 2. The maximum atomic E-state index is 5.68. The first-order valence-electron chi connectivity index (χ1n) is 4.09. The fourth-order valence-electron chi connectivity index (χ4n) is 1.14. The second-order valence-corrected chi connectivity index (χ2v) is 2.61. The second-order valence-electron chi connectivity index (χ2n) is 2.61. The zero-order valence-corrected chi connectivity index (χ0v) is 7.28. The van der Waals surface area contributed by atoms with Crippen LogP contribution in [0.5, 0.6) is 6.08 Å². The molecule has 0 spiro atoms. The van der Waals surface area contributed by atoms with E-state index in [9.17, 15) is 0 Å². The summed E-state index contributed by atoms with van der Waals surface area (Å²) < 4.78 is 10.4. The zero-order valence-electron chi connectivity index (χ0n) is 7.28. The molecule has 2 N–H and O–H groups in total. The van der Waals surface area contributed by atoms with E-state index < -0.39 is 0 Å². The Labute approximate surface area is 75.3 Å². The Morgan fingerprint density at radius 1 is 1.54 bits per heavy atom. The fourth-order valence-corrected chi connectivity index (χ4v) is 1.14. The first kappa shape index (κ1) is 7.91. The Morgan fingerprint density at radius 3 is 3.08 bits per heavy atom. The molecular weight excluding hydrogens is 168 g/mol. The molecule has 4 heteroatoms. The van der Waals surface area contributed by atoms with Crippen molar-refractivity contribution in [1.29, 1.82) is 0 Å². The van der Waals surface area contributed by atoms with E-state index in [-0.39, 0.29) is 6.08 Å². The van der Waals surface area contributed by atoms with Crippen LogP contribution in [0.1, 0.15) is 6.92 Å². The summed E-state index contributed by atoms with van der Waals surface area (Å²) in [6.07, 6.45) is 0.274. The lowest BCUT2D eigenvalue weighted by molar-refractivity contribution is 0.251. The number of nitrogen functional groups attached to an aromatic ring is 1. The van der Waals surface area contributed by atoms with E-state index in [0.29, 0.717) is 17.9 Å². The molecule has 1 heterocycles. The predicted molar refractivity (Wildman–Crippen MR) is 49.6 cm³/mol. The van der Waals surface area contributed by atoms with Gasteiger partial charge in [-0.15, -0.1) is 0 Å². The number of ether oxygens (including phenoxy) is 1. The molecule has 2 aromatic rings. The number of aromatic nitrogens is 1. The Morgan fingerprint density at radius 2 is 2.38 bits per heavy atom. The number of nitrogens with zero attached hydrogens (tertiary/aromatic N) is 1. The van der Waals surface area contributed by atoms with Crippen LogP contribution >= 0.6 is 0 Å². The van der Waals surface area contributed by atoms with Gasteiger partial charge in [0.25, 0.3) is 0 Å².